The Balaban J connectivity index is 1.54. The zero-order chi connectivity index (χ0) is 18.0. The molecule has 0 radical (unpaired) electrons. The van der Waals surface area contributed by atoms with Crippen molar-refractivity contribution >= 4 is 22.9 Å². The molecule has 25 heavy (non-hydrogen) atoms. The summed E-state index contributed by atoms with van der Waals surface area (Å²) in [6.45, 7) is 4.87. The number of rotatable bonds is 7. The lowest BCUT2D eigenvalue weighted by Crippen LogP contribution is -2.55. The summed E-state index contributed by atoms with van der Waals surface area (Å²) < 4.78 is 1.92. The third-order valence-electron chi connectivity index (χ3n) is 4.89. The molecule has 1 aliphatic rings. The minimum Gasteiger partial charge on any atom is -0.480 e. The van der Waals surface area contributed by atoms with Crippen LogP contribution in [0.15, 0.2) is 24.3 Å². The Kier molecular flexibility index (Phi) is 5.03. The highest BCUT2D eigenvalue weighted by atomic mass is 16.4. The van der Waals surface area contributed by atoms with Crippen LogP contribution in [0.4, 0.5) is 0 Å². The van der Waals surface area contributed by atoms with Gasteiger partial charge in [0.25, 0.3) is 0 Å². The van der Waals surface area contributed by atoms with E-state index in [0.717, 1.165) is 29.7 Å². The van der Waals surface area contributed by atoms with E-state index in [1.54, 1.807) is 0 Å². The fourth-order valence-corrected chi connectivity index (χ4v) is 3.49. The Bertz CT molecular complexity index is 780. The third kappa shape index (κ3) is 3.82. The van der Waals surface area contributed by atoms with Gasteiger partial charge in [0.15, 0.2) is 0 Å². The molecule has 0 aliphatic heterocycles. The number of imidazole rings is 1. The van der Waals surface area contributed by atoms with Crippen LogP contribution >= 0.6 is 0 Å². The lowest BCUT2D eigenvalue weighted by molar-refractivity contribution is -0.139. The van der Waals surface area contributed by atoms with Gasteiger partial charge < -0.3 is 15.0 Å². The van der Waals surface area contributed by atoms with E-state index in [9.17, 15) is 9.59 Å². The molecule has 7 nitrogen and oxygen atoms in total. The lowest BCUT2D eigenvalue weighted by atomic mass is 9.85. The number of para-hydroxylation sites is 2. The fourth-order valence-electron chi connectivity index (χ4n) is 3.49. The lowest BCUT2D eigenvalue weighted by Gasteiger charge is -2.42. The molecule has 2 N–H and O–H groups in total. The maximum absolute atomic E-state index is 12.4. The molecule has 0 atom stereocenters. The topological polar surface area (TPSA) is 87.5 Å². The Labute approximate surface area is 146 Å². The van der Waals surface area contributed by atoms with E-state index < -0.39 is 5.97 Å². The van der Waals surface area contributed by atoms with E-state index in [2.05, 4.69) is 10.3 Å². The highest BCUT2D eigenvalue weighted by Crippen LogP contribution is 2.25. The van der Waals surface area contributed by atoms with Crippen LogP contribution in [0.3, 0.4) is 0 Å². The molecule has 1 aliphatic carbocycles. The van der Waals surface area contributed by atoms with E-state index in [0.29, 0.717) is 6.54 Å². The van der Waals surface area contributed by atoms with Gasteiger partial charge in [-0.3, -0.25) is 14.5 Å². The Morgan fingerprint density at radius 3 is 2.76 bits per heavy atom. The molecule has 0 spiro atoms. The molecule has 3 rings (SSSR count). The van der Waals surface area contributed by atoms with Gasteiger partial charge in [0.2, 0.25) is 5.91 Å². The van der Waals surface area contributed by atoms with Gasteiger partial charge in [0.05, 0.1) is 17.6 Å². The summed E-state index contributed by atoms with van der Waals surface area (Å²) in [5.74, 6) is -0.0192. The van der Waals surface area contributed by atoms with Gasteiger partial charge in [-0.05, 0) is 38.4 Å². The first-order valence-electron chi connectivity index (χ1n) is 8.65. The number of aryl methyl sites for hydroxylation is 1. The van der Waals surface area contributed by atoms with Crippen molar-refractivity contribution in [2.75, 3.05) is 13.1 Å². The first kappa shape index (κ1) is 17.4. The summed E-state index contributed by atoms with van der Waals surface area (Å²) in [6.07, 6.45) is 1.60. The van der Waals surface area contributed by atoms with Crippen molar-refractivity contribution in [2.45, 2.75) is 45.3 Å². The predicted octanol–water partition coefficient (Wildman–Crippen LogP) is 1.40. The molecule has 7 heteroatoms. The van der Waals surface area contributed by atoms with Gasteiger partial charge >= 0.3 is 5.97 Å². The number of fused-ring (bicyclic) bond motifs is 1. The van der Waals surface area contributed by atoms with Crippen molar-refractivity contribution in [1.29, 1.82) is 0 Å². The Morgan fingerprint density at radius 1 is 1.36 bits per heavy atom. The molecule has 1 saturated carbocycles. The van der Waals surface area contributed by atoms with E-state index >= 15 is 0 Å². The van der Waals surface area contributed by atoms with Gasteiger partial charge in [-0.15, -0.1) is 0 Å². The number of carboxylic acids is 1. The molecule has 1 aromatic heterocycles. The molecule has 0 bridgehead atoms. The summed E-state index contributed by atoms with van der Waals surface area (Å²) in [4.78, 5) is 29.7. The van der Waals surface area contributed by atoms with Crippen molar-refractivity contribution in [1.82, 2.24) is 19.8 Å². The normalized spacial score (nSPS) is 19.8. The summed E-state index contributed by atoms with van der Waals surface area (Å²) in [5.41, 5.74) is 1.85. The number of nitrogens with one attached hydrogen (secondary N) is 1. The molecule has 2 aromatic rings. The summed E-state index contributed by atoms with van der Waals surface area (Å²) in [6, 6.07) is 8.14. The summed E-state index contributed by atoms with van der Waals surface area (Å²) in [5, 5.41) is 12.0. The maximum Gasteiger partial charge on any atom is 0.317 e. The second-order valence-electron chi connectivity index (χ2n) is 6.58. The molecular formula is C18H24N4O3. The van der Waals surface area contributed by atoms with Crippen molar-refractivity contribution in [2.24, 2.45) is 0 Å². The monoisotopic (exact) mass is 344 g/mol. The number of carbonyl (C=O) groups excluding carboxylic acids is 1. The predicted molar refractivity (Wildman–Crippen MR) is 94.3 cm³/mol. The van der Waals surface area contributed by atoms with Crippen molar-refractivity contribution < 1.29 is 14.7 Å². The average molecular weight is 344 g/mol. The minimum absolute atomic E-state index is 0.0315. The highest BCUT2D eigenvalue weighted by Gasteiger charge is 2.34. The molecule has 1 aromatic carbocycles. The first-order chi connectivity index (χ1) is 12.0. The van der Waals surface area contributed by atoms with Gasteiger partial charge in [-0.2, -0.15) is 0 Å². The fraction of sp³-hybridized carbons (Fsp3) is 0.500. The summed E-state index contributed by atoms with van der Waals surface area (Å²) in [7, 11) is 0. The molecule has 0 unspecified atom stereocenters. The molecule has 1 heterocycles. The smallest absolute Gasteiger partial charge is 0.317 e. The number of nitrogens with zero attached hydrogens (tertiary/aromatic N) is 3. The molecule has 134 valence electrons. The number of hydrogen-bond donors (Lipinski definition) is 2. The van der Waals surface area contributed by atoms with Crippen LogP contribution in [-0.2, 0) is 16.1 Å². The van der Waals surface area contributed by atoms with Gasteiger partial charge in [-0.25, -0.2) is 4.98 Å². The second-order valence-corrected chi connectivity index (χ2v) is 6.58. The van der Waals surface area contributed by atoms with E-state index in [-0.39, 0.29) is 31.1 Å². The Hall–Kier alpha value is -2.41. The van der Waals surface area contributed by atoms with Crippen LogP contribution in [0.1, 0.15) is 25.6 Å². The number of hydrogen-bond acceptors (Lipinski definition) is 4. The number of carboxylic acid groups (broad SMARTS) is 1. The Morgan fingerprint density at radius 2 is 2.08 bits per heavy atom. The first-order valence-corrected chi connectivity index (χ1v) is 8.65. The van der Waals surface area contributed by atoms with E-state index in [4.69, 9.17) is 5.11 Å². The number of benzene rings is 1. The molecule has 0 saturated heterocycles. The largest absolute Gasteiger partial charge is 0.480 e. The molecular weight excluding hydrogens is 320 g/mol. The quantitative estimate of drug-likeness (QED) is 0.793. The van der Waals surface area contributed by atoms with Crippen LogP contribution in [0.25, 0.3) is 11.0 Å². The number of carbonyl (C=O) groups is 2. The minimum atomic E-state index is -0.809. The van der Waals surface area contributed by atoms with Crippen molar-refractivity contribution in [3.8, 4) is 0 Å². The third-order valence-corrected chi connectivity index (χ3v) is 4.89. The molecule has 1 fully saturated rings. The average Bonchev–Trinajstić information content (AvgIpc) is 2.84. The number of aromatic nitrogens is 2. The van der Waals surface area contributed by atoms with Crippen molar-refractivity contribution in [3.63, 3.8) is 0 Å². The second kappa shape index (κ2) is 7.23. The van der Waals surface area contributed by atoms with Crippen LogP contribution in [0.2, 0.25) is 0 Å². The zero-order valence-corrected chi connectivity index (χ0v) is 14.6. The van der Waals surface area contributed by atoms with Gasteiger partial charge in [0.1, 0.15) is 12.4 Å². The van der Waals surface area contributed by atoms with Gasteiger partial charge in [-0.1, -0.05) is 19.1 Å². The standard InChI is InChI=1S/C18H24N4O3/c1-3-21(11-18(24)25)14-8-13(9-14)20-17(23)10-22-12(2)19-15-6-4-5-7-16(15)22/h4-7,13-14H,3,8-11H2,1-2H3,(H,20,23)(H,24,25). The van der Waals surface area contributed by atoms with Crippen LogP contribution < -0.4 is 5.32 Å². The van der Waals surface area contributed by atoms with Crippen LogP contribution in [0, 0.1) is 6.92 Å². The number of aliphatic carboxylic acids is 1. The van der Waals surface area contributed by atoms with Crippen LogP contribution in [0.5, 0.6) is 0 Å². The zero-order valence-electron chi connectivity index (χ0n) is 14.6. The van der Waals surface area contributed by atoms with Crippen LogP contribution in [-0.4, -0.2) is 56.6 Å². The summed E-state index contributed by atoms with van der Waals surface area (Å²) >= 11 is 0. The SMILES string of the molecule is CCN(CC(=O)O)C1CC(NC(=O)Cn2c(C)nc3ccccc32)C1. The van der Waals surface area contributed by atoms with Crippen molar-refractivity contribution in [3.05, 3.63) is 30.1 Å². The van der Waals surface area contributed by atoms with E-state index in [1.165, 1.54) is 0 Å². The highest BCUT2D eigenvalue weighted by molar-refractivity contribution is 5.81. The van der Waals surface area contributed by atoms with Gasteiger partial charge in [0, 0.05) is 12.1 Å². The number of amides is 1. The van der Waals surface area contributed by atoms with E-state index in [1.807, 2.05) is 47.6 Å². The maximum atomic E-state index is 12.4. The number of likely N-dealkylation sites (N-methyl/N-ethyl adjacent to an activating group) is 1. The molecule has 1 amide bonds.